The average molecular weight is 334 g/mol. The van der Waals surface area contributed by atoms with Crippen LogP contribution in [0.3, 0.4) is 0 Å². The molecule has 0 fully saturated rings. The summed E-state index contributed by atoms with van der Waals surface area (Å²) in [5.74, 6) is 0.639. The highest BCUT2D eigenvalue weighted by Crippen LogP contribution is 2.32. The molecule has 0 aromatic carbocycles. The minimum Gasteiger partial charge on any atom is -0.371 e. The van der Waals surface area contributed by atoms with E-state index in [9.17, 15) is 0 Å². The van der Waals surface area contributed by atoms with Crippen LogP contribution in [0.4, 0.5) is 0 Å². The first kappa shape index (κ1) is 16.2. The van der Waals surface area contributed by atoms with Crippen LogP contribution in [-0.2, 0) is 4.74 Å². The summed E-state index contributed by atoms with van der Waals surface area (Å²) in [5, 5.41) is 0. The summed E-state index contributed by atoms with van der Waals surface area (Å²) < 4.78 is 7.24. The number of halogens is 1. The second kappa shape index (κ2) is 8.31. The quantitative estimate of drug-likeness (QED) is 0.745. The van der Waals surface area contributed by atoms with Crippen molar-refractivity contribution in [2.45, 2.75) is 52.2 Å². The van der Waals surface area contributed by atoms with Gasteiger partial charge in [-0.1, -0.05) is 33.6 Å². The van der Waals surface area contributed by atoms with Crippen LogP contribution in [0.5, 0.6) is 0 Å². The molecule has 0 saturated carbocycles. The number of hydrogen-bond acceptors (Lipinski definition) is 3. The van der Waals surface area contributed by atoms with Crippen LogP contribution in [0.2, 0.25) is 0 Å². The highest BCUT2D eigenvalue weighted by Gasteiger charge is 2.22. The molecule has 1 aromatic heterocycles. The fraction of sp³-hybridized carbons (Fsp3) is 0.714. The van der Waals surface area contributed by atoms with Crippen molar-refractivity contribution in [2.75, 3.05) is 6.61 Å². The number of hydrogen-bond donors (Lipinski definition) is 1. The molecule has 0 amide bonds. The normalized spacial score (nSPS) is 15.0. The van der Waals surface area contributed by atoms with Crippen molar-refractivity contribution in [2.24, 2.45) is 11.7 Å². The highest BCUT2D eigenvalue weighted by atomic mass is 79.9. The van der Waals surface area contributed by atoms with Crippen molar-refractivity contribution in [3.05, 3.63) is 20.8 Å². The molecule has 0 radical (unpaired) electrons. The Morgan fingerprint density at radius 3 is 2.33 bits per heavy atom. The van der Waals surface area contributed by atoms with Gasteiger partial charge in [-0.3, -0.25) is 0 Å². The van der Waals surface area contributed by atoms with E-state index < -0.39 is 0 Å². The summed E-state index contributed by atoms with van der Waals surface area (Å²) in [6, 6.07) is 4.25. The summed E-state index contributed by atoms with van der Waals surface area (Å²) in [4.78, 5) is 1.22. The summed E-state index contributed by atoms with van der Waals surface area (Å²) in [6.45, 7) is 7.35. The minimum atomic E-state index is 0.0342. The van der Waals surface area contributed by atoms with Crippen LogP contribution in [0, 0.1) is 5.92 Å². The van der Waals surface area contributed by atoms with Gasteiger partial charge in [0.2, 0.25) is 0 Å². The second-order valence-corrected chi connectivity index (χ2v) is 7.15. The van der Waals surface area contributed by atoms with Gasteiger partial charge in [-0.25, -0.2) is 0 Å². The van der Waals surface area contributed by atoms with Crippen molar-refractivity contribution in [3.8, 4) is 0 Å². The molecule has 1 heterocycles. The third-order valence-electron chi connectivity index (χ3n) is 3.40. The number of nitrogens with two attached hydrogens (primary N) is 1. The van der Waals surface area contributed by atoms with Gasteiger partial charge in [-0.2, -0.15) is 0 Å². The van der Waals surface area contributed by atoms with Gasteiger partial charge in [0.1, 0.15) is 6.10 Å². The predicted molar refractivity (Wildman–Crippen MR) is 83.1 cm³/mol. The number of ether oxygens (including phenoxy) is 1. The first-order valence-corrected chi connectivity index (χ1v) is 8.35. The summed E-state index contributed by atoms with van der Waals surface area (Å²) in [7, 11) is 0. The van der Waals surface area contributed by atoms with Crippen LogP contribution in [0.15, 0.2) is 15.9 Å². The average Bonchev–Trinajstić information content (AvgIpc) is 2.80. The van der Waals surface area contributed by atoms with E-state index in [-0.39, 0.29) is 12.1 Å². The number of rotatable bonds is 8. The van der Waals surface area contributed by atoms with Crippen LogP contribution in [0.25, 0.3) is 0 Å². The Labute approximate surface area is 123 Å². The van der Waals surface area contributed by atoms with Gasteiger partial charge in [0, 0.05) is 10.9 Å². The zero-order valence-corrected chi connectivity index (χ0v) is 13.9. The van der Waals surface area contributed by atoms with E-state index in [0.29, 0.717) is 5.92 Å². The highest BCUT2D eigenvalue weighted by molar-refractivity contribution is 9.11. The molecule has 2 nitrogen and oxygen atoms in total. The lowest BCUT2D eigenvalue weighted by atomic mass is 10.0. The predicted octanol–water partition coefficient (Wildman–Crippen LogP) is 4.74. The van der Waals surface area contributed by atoms with Crippen molar-refractivity contribution < 1.29 is 4.74 Å². The lowest BCUT2D eigenvalue weighted by Crippen LogP contribution is -2.30. The Hall–Kier alpha value is 0.1000. The van der Waals surface area contributed by atoms with E-state index in [0.717, 1.165) is 16.8 Å². The van der Waals surface area contributed by atoms with Gasteiger partial charge < -0.3 is 10.5 Å². The molecule has 1 rings (SSSR count). The van der Waals surface area contributed by atoms with E-state index in [4.69, 9.17) is 10.5 Å². The molecule has 0 aliphatic heterocycles. The molecule has 4 heteroatoms. The van der Waals surface area contributed by atoms with Crippen molar-refractivity contribution in [1.29, 1.82) is 0 Å². The van der Waals surface area contributed by atoms with Crippen molar-refractivity contribution in [3.63, 3.8) is 0 Å². The Kier molecular flexibility index (Phi) is 7.46. The standard InChI is InChI=1S/C14H24BrNOS/c1-4-10(5-2)9-17-14(11(16)6-3)12-7-8-13(15)18-12/h7-8,10-11,14H,4-6,9,16H2,1-3H3. The lowest BCUT2D eigenvalue weighted by molar-refractivity contribution is 0.0121. The minimum absolute atomic E-state index is 0.0342. The summed E-state index contributed by atoms with van der Waals surface area (Å²) in [5.41, 5.74) is 6.19. The van der Waals surface area contributed by atoms with Crippen LogP contribution in [0.1, 0.15) is 51.0 Å². The zero-order valence-electron chi connectivity index (χ0n) is 11.5. The Morgan fingerprint density at radius 2 is 1.89 bits per heavy atom. The first-order chi connectivity index (χ1) is 8.62. The molecule has 0 aliphatic carbocycles. The lowest BCUT2D eigenvalue weighted by Gasteiger charge is -2.24. The summed E-state index contributed by atoms with van der Waals surface area (Å²) in [6.07, 6.45) is 3.30. The Morgan fingerprint density at radius 1 is 1.22 bits per heavy atom. The third-order valence-corrected chi connectivity index (χ3v) is 5.09. The van der Waals surface area contributed by atoms with E-state index in [1.54, 1.807) is 11.3 Å². The third kappa shape index (κ3) is 4.65. The fourth-order valence-corrected chi connectivity index (χ4v) is 3.43. The van der Waals surface area contributed by atoms with Crippen LogP contribution < -0.4 is 5.73 Å². The maximum Gasteiger partial charge on any atom is 0.107 e. The van der Waals surface area contributed by atoms with E-state index in [1.165, 1.54) is 17.7 Å². The second-order valence-electron chi connectivity index (χ2n) is 4.65. The number of thiophene rings is 1. The molecule has 18 heavy (non-hydrogen) atoms. The van der Waals surface area contributed by atoms with E-state index in [2.05, 4.69) is 48.8 Å². The molecule has 2 unspecified atom stereocenters. The molecule has 0 saturated heterocycles. The SMILES string of the molecule is CCC(CC)COC(c1ccc(Br)s1)C(N)CC. The maximum absolute atomic E-state index is 6.19. The van der Waals surface area contributed by atoms with Gasteiger partial charge in [0.25, 0.3) is 0 Å². The molecule has 104 valence electrons. The molecule has 0 aliphatic rings. The molecule has 2 atom stereocenters. The van der Waals surface area contributed by atoms with E-state index >= 15 is 0 Å². The zero-order chi connectivity index (χ0) is 13.5. The Bertz CT molecular complexity index is 338. The smallest absolute Gasteiger partial charge is 0.107 e. The molecule has 0 spiro atoms. The first-order valence-electron chi connectivity index (χ1n) is 6.74. The van der Waals surface area contributed by atoms with Gasteiger partial charge in [-0.05, 0) is 40.4 Å². The Balaban J connectivity index is 2.67. The molecule has 2 N–H and O–H groups in total. The summed E-state index contributed by atoms with van der Waals surface area (Å²) >= 11 is 5.22. The van der Waals surface area contributed by atoms with Gasteiger partial charge >= 0.3 is 0 Å². The maximum atomic E-state index is 6.19. The largest absolute Gasteiger partial charge is 0.371 e. The van der Waals surface area contributed by atoms with Gasteiger partial charge in [-0.15, -0.1) is 11.3 Å². The fourth-order valence-electron chi connectivity index (χ4n) is 1.88. The van der Waals surface area contributed by atoms with Crippen LogP contribution >= 0.6 is 27.3 Å². The molecular weight excluding hydrogens is 310 g/mol. The van der Waals surface area contributed by atoms with Crippen molar-refractivity contribution >= 4 is 27.3 Å². The van der Waals surface area contributed by atoms with Crippen LogP contribution in [-0.4, -0.2) is 12.6 Å². The monoisotopic (exact) mass is 333 g/mol. The van der Waals surface area contributed by atoms with Gasteiger partial charge in [0.15, 0.2) is 0 Å². The molecular formula is C14H24BrNOS. The molecule has 0 bridgehead atoms. The van der Waals surface area contributed by atoms with Gasteiger partial charge in [0.05, 0.1) is 10.4 Å². The van der Waals surface area contributed by atoms with E-state index in [1.807, 2.05) is 0 Å². The topological polar surface area (TPSA) is 35.2 Å². The van der Waals surface area contributed by atoms with Crippen molar-refractivity contribution in [1.82, 2.24) is 0 Å². The molecule has 1 aromatic rings.